The van der Waals surface area contributed by atoms with Gasteiger partial charge in [0.25, 0.3) is 0 Å². The van der Waals surface area contributed by atoms with Gasteiger partial charge in [-0.05, 0) is 31.8 Å². The zero-order valence-electron chi connectivity index (χ0n) is 12.1. The minimum Gasteiger partial charge on any atom is -0.480 e. The van der Waals surface area contributed by atoms with Crippen LogP contribution in [0.25, 0.3) is 0 Å². The molecule has 1 heterocycles. The van der Waals surface area contributed by atoms with Crippen molar-refractivity contribution in [2.24, 2.45) is 0 Å². The molecule has 0 spiro atoms. The van der Waals surface area contributed by atoms with E-state index in [1.165, 1.54) is 0 Å². The average Bonchev–Trinajstić information content (AvgIpc) is 2.74. The van der Waals surface area contributed by atoms with Gasteiger partial charge in [0, 0.05) is 24.0 Å². The van der Waals surface area contributed by atoms with Crippen LogP contribution >= 0.6 is 23.1 Å². The summed E-state index contributed by atoms with van der Waals surface area (Å²) in [6.45, 7) is 2.32. The van der Waals surface area contributed by atoms with Crippen LogP contribution in [0.4, 0.5) is 0 Å². The number of aryl methyl sites for hydroxylation is 1. The van der Waals surface area contributed by atoms with E-state index in [1.54, 1.807) is 21.7 Å². The van der Waals surface area contributed by atoms with Gasteiger partial charge in [-0.15, -0.1) is 0 Å². The zero-order chi connectivity index (χ0) is 15.8. The number of amides is 1. The van der Waals surface area contributed by atoms with E-state index < -0.39 is 12.0 Å². The van der Waals surface area contributed by atoms with Crippen molar-refractivity contribution in [1.29, 1.82) is 0 Å². The van der Waals surface area contributed by atoms with Crippen molar-refractivity contribution in [2.45, 2.75) is 38.8 Å². The lowest BCUT2D eigenvalue weighted by Gasteiger charge is -2.14. The van der Waals surface area contributed by atoms with Crippen molar-refractivity contribution >= 4 is 35.0 Å². The Morgan fingerprint density at radius 3 is 2.76 bits per heavy atom. The topological polar surface area (TPSA) is 88.4 Å². The monoisotopic (exact) mass is 332 g/mol. The van der Waals surface area contributed by atoms with Crippen LogP contribution in [0.5, 0.6) is 0 Å². The molecule has 0 radical (unpaired) electrons. The summed E-state index contributed by atoms with van der Waals surface area (Å²) in [4.78, 5) is 34.2. The summed E-state index contributed by atoms with van der Waals surface area (Å²) in [5, 5.41) is 13.3. The van der Waals surface area contributed by atoms with Crippen LogP contribution in [-0.4, -0.2) is 39.6 Å². The third kappa shape index (κ3) is 5.92. The Morgan fingerprint density at radius 2 is 2.24 bits per heavy atom. The van der Waals surface area contributed by atoms with E-state index in [0.29, 0.717) is 25.1 Å². The van der Waals surface area contributed by atoms with E-state index in [-0.39, 0.29) is 17.2 Å². The highest BCUT2D eigenvalue weighted by atomic mass is 32.2. The molecule has 8 heteroatoms. The van der Waals surface area contributed by atoms with Crippen LogP contribution in [0, 0.1) is 6.92 Å². The smallest absolute Gasteiger partial charge is 0.326 e. The first-order valence-corrected chi connectivity index (χ1v) is 8.89. The molecule has 0 aromatic carbocycles. The first-order valence-electron chi connectivity index (χ1n) is 6.61. The standard InChI is InChI=1S/C13H20N2O4S2/c1-9-8-21-13(19)15(9)6-3-4-11(16)14-10(12(17)18)5-7-20-2/h8,10H,3-7H2,1-2H3,(H,14,16)(H,17,18). The SMILES string of the molecule is CSCCC(NC(=O)CCCn1c(C)csc1=O)C(=O)O. The fourth-order valence-corrected chi connectivity index (χ4v) is 3.06. The number of aromatic nitrogens is 1. The van der Waals surface area contributed by atoms with Gasteiger partial charge in [0.15, 0.2) is 0 Å². The van der Waals surface area contributed by atoms with Gasteiger partial charge in [-0.2, -0.15) is 11.8 Å². The van der Waals surface area contributed by atoms with Crippen LogP contribution in [0.15, 0.2) is 10.2 Å². The van der Waals surface area contributed by atoms with Gasteiger partial charge < -0.3 is 15.0 Å². The van der Waals surface area contributed by atoms with Gasteiger partial charge >= 0.3 is 10.8 Å². The molecule has 118 valence electrons. The normalized spacial score (nSPS) is 12.1. The Kier molecular flexibility index (Phi) is 7.52. The van der Waals surface area contributed by atoms with Crippen LogP contribution in [0.1, 0.15) is 25.0 Å². The molecule has 0 aliphatic carbocycles. The number of carbonyl (C=O) groups is 2. The molecular formula is C13H20N2O4S2. The van der Waals surface area contributed by atoms with Gasteiger partial charge in [-0.3, -0.25) is 9.59 Å². The third-order valence-electron chi connectivity index (χ3n) is 3.01. The van der Waals surface area contributed by atoms with Gasteiger partial charge in [0.1, 0.15) is 6.04 Å². The number of nitrogens with zero attached hydrogens (tertiary/aromatic N) is 1. The number of hydrogen-bond donors (Lipinski definition) is 2. The van der Waals surface area contributed by atoms with E-state index in [9.17, 15) is 14.4 Å². The predicted octanol–water partition coefficient (Wildman–Crippen LogP) is 1.32. The minimum absolute atomic E-state index is 0.0312. The van der Waals surface area contributed by atoms with Crippen molar-refractivity contribution in [3.63, 3.8) is 0 Å². The van der Waals surface area contributed by atoms with Crippen LogP contribution in [0.2, 0.25) is 0 Å². The molecule has 6 nitrogen and oxygen atoms in total. The lowest BCUT2D eigenvalue weighted by molar-refractivity contribution is -0.141. The Bertz CT molecular complexity index is 539. The first kappa shape index (κ1) is 17.8. The molecule has 1 amide bonds. The van der Waals surface area contributed by atoms with E-state index >= 15 is 0 Å². The molecule has 1 aromatic heterocycles. The summed E-state index contributed by atoms with van der Waals surface area (Å²) in [7, 11) is 0. The Labute approximate surface area is 131 Å². The number of rotatable bonds is 9. The highest BCUT2D eigenvalue weighted by molar-refractivity contribution is 7.98. The van der Waals surface area contributed by atoms with E-state index in [2.05, 4.69) is 5.32 Å². The quantitative estimate of drug-likeness (QED) is 0.712. The lowest BCUT2D eigenvalue weighted by Crippen LogP contribution is -2.41. The summed E-state index contributed by atoms with van der Waals surface area (Å²) >= 11 is 2.68. The molecule has 0 aliphatic heterocycles. The number of thiazole rings is 1. The van der Waals surface area contributed by atoms with Crippen molar-refractivity contribution in [1.82, 2.24) is 9.88 Å². The highest BCUT2D eigenvalue weighted by Crippen LogP contribution is 2.04. The molecule has 0 bridgehead atoms. The number of aliphatic carboxylic acids is 1. The number of thioether (sulfide) groups is 1. The fourth-order valence-electron chi connectivity index (χ4n) is 1.83. The molecule has 1 atom stereocenters. The van der Waals surface area contributed by atoms with Crippen molar-refractivity contribution in [2.75, 3.05) is 12.0 Å². The van der Waals surface area contributed by atoms with Crippen molar-refractivity contribution in [3.8, 4) is 0 Å². The lowest BCUT2D eigenvalue weighted by atomic mass is 10.2. The van der Waals surface area contributed by atoms with Gasteiger partial charge in [0.05, 0.1) is 0 Å². The number of hydrogen-bond acceptors (Lipinski definition) is 5. The zero-order valence-corrected chi connectivity index (χ0v) is 13.8. The maximum absolute atomic E-state index is 11.8. The minimum atomic E-state index is -1.01. The molecule has 0 saturated carbocycles. The highest BCUT2D eigenvalue weighted by Gasteiger charge is 2.19. The number of nitrogens with one attached hydrogen (secondary N) is 1. The van der Waals surface area contributed by atoms with Gasteiger partial charge in [-0.25, -0.2) is 4.79 Å². The summed E-state index contributed by atoms with van der Waals surface area (Å²) < 4.78 is 1.63. The predicted molar refractivity (Wildman–Crippen MR) is 85.1 cm³/mol. The molecule has 1 rings (SSSR count). The van der Waals surface area contributed by atoms with Crippen LogP contribution in [-0.2, 0) is 16.1 Å². The van der Waals surface area contributed by atoms with Crippen LogP contribution < -0.4 is 10.2 Å². The number of carboxylic acid groups (broad SMARTS) is 1. The Morgan fingerprint density at radius 1 is 1.52 bits per heavy atom. The summed E-state index contributed by atoms with van der Waals surface area (Å²) in [5.41, 5.74) is 0.883. The second-order valence-electron chi connectivity index (χ2n) is 4.64. The van der Waals surface area contributed by atoms with E-state index in [4.69, 9.17) is 5.11 Å². The van der Waals surface area contributed by atoms with Crippen molar-refractivity contribution in [3.05, 3.63) is 20.7 Å². The second kappa shape index (κ2) is 8.89. The molecular weight excluding hydrogens is 312 g/mol. The molecule has 1 aromatic rings. The molecule has 21 heavy (non-hydrogen) atoms. The summed E-state index contributed by atoms with van der Waals surface area (Å²) in [6, 6.07) is -0.837. The molecule has 2 N–H and O–H groups in total. The first-order chi connectivity index (χ1) is 9.95. The van der Waals surface area contributed by atoms with E-state index in [0.717, 1.165) is 17.0 Å². The van der Waals surface area contributed by atoms with E-state index in [1.807, 2.05) is 13.2 Å². The Balaban J connectivity index is 2.39. The maximum atomic E-state index is 11.8. The fraction of sp³-hybridized carbons (Fsp3) is 0.615. The average molecular weight is 332 g/mol. The van der Waals surface area contributed by atoms with Crippen molar-refractivity contribution < 1.29 is 14.7 Å². The largest absolute Gasteiger partial charge is 0.480 e. The maximum Gasteiger partial charge on any atom is 0.326 e. The molecule has 0 aliphatic rings. The summed E-state index contributed by atoms with van der Waals surface area (Å²) in [5.74, 6) is -0.618. The molecule has 0 fully saturated rings. The number of carbonyl (C=O) groups excluding carboxylic acids is 1. The van der Waals surface area contributed by atoms with Crippen LogP contribution in [0.3, 0.4) is 0 Å². The second-order valence-corrected chi connectivity index (χ2v) is 6.44. The number of carboxylic acids is 1. The molecule has 0 saturated heterocycles. The van der Waals surface area contributed by atoms with Gasteiger partial charge in [0.2, 0.25) is 5.91 Å². The third-order valence-corrected chi connectivity index (χ3v) is 4.53. The van der Waals surface area contributed by atoms with Gasteiger partial charge in [-0.1, -0.05) is 11.3 Å². The molecule has 1 unspecified atom stereocenters. The summed E-state index contributed by atoms with van der Waals surface area (Å²) in [6.07, 6.45) is 3.02. The Hall–Kier alpha value is -1.28.